The molecule has 0 amide bonds. The lowest BCUT2D eigenvalue weighted by atomic mass is 10.1. The van der Waals surface area contributed by atoms with Gasteiger partial charge in [0.15, 0.2) is 0 Å². The number of hydrogen-bond acceptors (Lipinski definition) is 4. The molecule has 2 aromatic rings. The van der Waals surface area contributed by atoms with Crippen LogP contribution in [0.4, 0.5) is 10.1 Å². The summed E-state index contributed by atoms with van der Waals surface area (Å²) in [6.07, 6.45) is 2.19. The maximum Gasteiger partial charge on any atom is 0.244 e. The van der Waals surface area contributed by atoms with Gasteiger partial charge < -0.3 is 4.90 Å². The molecule has 0 saturated carbocycles. The molecule has 24 heavy (non-hydrogen) atoms. The molecule has 0 bridgehead atoms. The Balaban J connectivity index is 1.76. The molecule has 0 aliphatic carbocycles. The quantitative estimate of drug-likeness (QED) is 0.854. The molecule has 128 valence electrons. The molecule has 1 aliphatic rings. The Morgan fingerprint density at radius 2 is 1.75 bits per heavy atom. The van der Waals surface area contributed by atoms with E-state index in [0.29, 0.717) is 26.2 Å². The van der Waals surface area contributed by atoms with E-state index in [9.17, 15) is 12.8 Å². The van der Waals surface area contributed by atoms with E-state index >= 15 is 0 Å². The van der Waals surface area contributed by atoms with Gasteiger partial charge in [-0.25, -0.2) is 12.8 Å². The molecule has 1 aromatic carbocycles. The number of sulfonamides is 1. The molecule has 0 N–H and O–H groups in total. The average Bonchev–Trinajstić information content (AvgIpc) is 2.57. The lowest BCUT2D eigenvalue weighted by Crippen LogP contribution is -2.48. The van der Waals surface area contributed by atoms with E-state index in [0.717, 1.165) is 18.0 Å². The van der Waals surface area contributed by atoms with Gasteiger partial charge in [0.2, 0.25) is 10.0 Å². The molecule has 0 spiro atoms. The highest BCUT2D eigenvalue weighted by Gasteiger charge is 2.29. The fourth-order valence-corrected chi connectivity index (χ4v) is 4.31. The van der Waals surface area contributed by atoms with E-state index in [2.05, 4.69) is 35.0 Å². The molecule has 3 rings (SSSR count). The maximum atomic E-state index is 13.3. The van der Waals surface area contributed by atoms with Crippen LogP contribution in [0, 0.1) is 19.7 Å². The summed E-state index contributed by atoms with van der Waals surface area (Å²) in [7, 11) is -3.70. The normalized spacial score (nSPS) is 16.4. The smallest absolute Gasteiger partial charge is 0.244 e. The summed E-state index contributed by atoms with van der Waals surface area (Å²) in [5.74, 6) is -0.648. The number of halogens is 1. The van der Waals surface area contributed by atoms with Crippen LogP contribution in [0.2, 0.25) is 0 Å². The first-order chi connectivity index (χ1) is 11.4. The zero-order valence-corrected chi connectivity index (χ0v) is 14.6. The highest BCUT2D eigenvalue weighted by molar-refractivity contribution is 7.89. The zero-order valence-electron chi connectivity index (χ0n) is 13.7. The topological polar surface area (TPSA) is 53.5 Å². The van der Waals surface area contributed by atoms with Crippen molar-refractivity contribution in [3.63, 3.8) is 0 Å². The predicted molar refractivity (Wildman–Crippen MR) is 91.1 cm³/mol. The van der Waals surface area contributed by atoms with Crippen LogP contribution in [0.5, 0.6) is 0 Å². The third-order valence-corrected chi connectivity index (χ3v) is 6.13. The summed E-state index contributed by atoms with van der Waals surface area (Å²) >= 11 is 0. The van der Waals surface area contributed by atoms with Gasteiger partial charge in [0.05, 0.1) is 6.20 Å². The van der Waals surface area contributed by atoms with Crippen molar-refractivity contribution in [2.75, 3.05) is 31.1 Å². The van der Waals surface area contributed by atoms with E-state index < -0.39 is 15.8 Å². The number of nitrogens with zero attached hydrogens (tertiary/aromatic N) is 3. The van der Waals surface area contributed by atoms with Gasteiger partial charge in [-0.15, -0.1) is 0 Å². The third kappa shape index (κ3) is 3.27. The van der Waals surface area contributed by atoms with Crippen molar-refractivity contribution in [2.45, 2.75) is 18.7 Å². The molecule has 1 fully saturated rings. The van der Waals surface area contributed by atoms with Gasteiger partial charge in [-0.2, -0.15) is 4.31 Å². The number of benzene rings is 1. The first-order valence-electron chi connectivity index (χ1n) is 7.81. The van der Waals surface area contributed by atoms with Crippen LogP contribution in [0.3, 0.4) is 0 Å². The maximum absolute atomic E-state index is 13.3. The van der Waals surface area contributed by atoms with Gasteiger partial charge >= 0.3 is 0 Å². The Morgan fingerprint density at radius 1 is 1.04 bits per heavy atom. The van der Waals surface area contributed by atoms with Gasteiger partial charge in [0, 0.05) is 38.1 Å². The number of anilines is 1. The molecule has 0 unspecified atom stereocenters. The van der Waals surface area contributed by atoms with E-state index in [1.165, 1.54) is 21.6 Å². The molecule has 1 saturated heterocycles. The van der Waals surface area contributed by atoms with Crippen LogP contribution < -0.4 is 4.90 Å². The molecular weight excluding hydrogens is 329 g/mol. The molecular formula is C17H20FN3O2S. The molecule has 2 heterocycles. The Kier molecular flexibility index (Phi) is 4.56. The highest BCUT2D eigenvalue weighted by atomic mass is 32.2. The minimum absolute atomic E-state index is 0.0947. The minimum atomic E-state index is -3.70. The summed E-state index contributed by atoms with van der Waals surface area (Å²) in [6.45, 7) is 6.04. The molecule has 5 nitrogen and oxygen atoms in total. The summed E-state index contributed by atoms with van der Waals surface area (Å²) in [6, 6.07) is 7.28. The Morgan fingerprint density at radius 3 is 2.42 bits per heavy atom. The van der Waals surface area contributed by atoms with Crippen molar-refractivity contribution in [3.8, 4) is 0 Å². The SMILES string of the molecule is Cc1ccc(C)c(N2CCN(S(=O)(=O)c3cncc(F)c3)CC2)c1. The number of aromatic nitrogens is 1. The second-order valence-electron chi connectivity index (χ2n) is 6.02. The first-order valence-corrected chi connectivity index (χ1v) is 9.25. The van der Waals surface area contributed by atoms with E-state index in [1.54, 1.807) is 0 Å². The van der Waals surface area contributed by atoms with Crippen molar-refractivity contribution >= 4 is 15.7 Å². The second kappa shape index (κ2) is 6.49. The van der Waals surface area contributed by atoms with Gasteiger partial charge in [-0.1, -0.05) is 12.1 Å². The monoisotopic (exact) mass is 349 g/mol. The van der Waals surface area contributed by atoms with Gasteiger partial charge in [0.1, 0.15) is 10.7 Å². The number of pyridine rings is 1. The molecule has 1 aliphatic heterocycles. The van der Waals surface area contributed by atoms with Gasteiger partial charge in [0.25, 0.3) is 0 Å². The predicted octanol–water partition coefficient (Wildman–Crippen LogP) is 2.35. The van der Waals surface area contributed by atoms with Crippen LogP contribution in [0.15, 0.2) is 41.6 Å². The zero-order chi connectivity index (χ0) is 17.3. The van der Waals surface area contributed by atoms with Crippen LogP contribution >= 0.6 is 0 Å². The van der Waals surface area contributed by atoms with Crippen LogP contribution in [-0.4, -0.2) is 43.9 Å². The van der Waals surface area contributed by atoms with Crippen LogP contribution in [0.25, 0.3) is 0 Å². The lowest BCUT2D eigenvalue weighted by molar-refractivity contribution is 0.384. The number of piperazine rings is 1. The fraction of sp³-hybridized carbons (Fsp3) is 0.353. The van der Waals surface area contributed by atoms with Crippen molar-refractivity contribution < 1.29 is 12.8 Å². The van der Waals surface area contributed by atoms with Crippen molar-refractivity contribution in [1.29, 1.82) is 0 Å². The summed E-state index contributed by atoms with van der Waals surface area (Å²) in [5, 5.41) is 0. The Labute approximate surface area is 141 Å². The summed E-state index contributed by atoms with van der Waals surface area (Å²) in [4.78, 5) is 5.74. The summed E-state index contributed by atoms with van der Waals surface area (Å²) < 4.78 is 39.9. The van der Waals surface area contributed by atoms with Crippen LogP contribution in [-0.2, 0) is 10.0 Å². The van der Waals surface area contributed by atoms with Crippen molar-refractivity contribution in [1.82, 2.24) is 9.29 Å². The van der Waals surface area contributed by atoms with E-state index in [4.69, 9.17) is 0 Å². The van der Waals surface area contributed by atoms with Crippen molar-refractivity contribution in [3.05, 3.63) is 53.6 Å². The van der Waals surface area contributed by atoms with E-state index in [1.807, 2.05) is 6.92 Å². The Hall–Kier alpha value is -1.99. The fourth-order valence-electron chi connectivity index (χ4n) is 2.91. The minimum Gasteiger partial charge on any atom is -0.369 e. The average molecular weight is 349 g/mol. The molecule has 0 radical (unpaired) electrons. The number of aryl methyl sites for hydroxylation is 2. The van der Waals surface area contributed by atoms with Gasteiger partial charge in [-0.05, 0) is 37.1 Å². The largest absolute Gasteiger partial charge is 0.369 e. The van der Waals surface area contributed by atoms with Gasteiger partial charge in [-0.3, -0.25) is 4.98 Å². The standard InChI is InChI=1S/C17H20FN3O2S/c1-13-3-4-14(2)17(9-13)20-5-7-21(8-6-20)24(22,23)16-10-15(18)11-19-12-16/h3-4,9-12H,5-8H2,1-2H3. The third-order valence-electron chi connectivity index (χ3n) is 4.26. The Bertz CT molecular complexity index is 847. The lowest BCUT2D eigenvalue weighted by Gasteiger charge is -2.36. The highest BCUT2D eigenvalue weighted by Crippen LogP contribution is 2.24. The second-order valence-corrected chi connectivity index (χ2v) is 7.96. The molecule has 1 aromatic heterocycles. The first kappa shape index (κ1) is 16.9. The number of hydrogen-bond donors (Lipinski definition) is 0. The van der Waals surface area contributed by atoms with Crippen molar-refractivity contribution in [2.24, 2.45) is 0 Å². The number of rotatable bonds is 3. The van der Waals surface area contributed by atoms with E-state index in [-0.39, 0.29) is 4.90 Å². The molecule has 0 atom stereocenters. The summed E-state index contributed by atoms with van der Waals surface area (Å²) in [5.41, 5.74) is 3.49. The van der Waals surface area contributed by atoms with Crippen LogP contribution in [0.1, 0.15) is 11.1 Å². The molecule has 7 heteroatoms.